The zero-order valence-corrected chi connectivity index (χ0v) is 10.7. The van der Waals surface area contributed by atoms with Crippen molar-refractivity contribution in [3.8, 4) is 5.75 Å². The van der Waals surface area contributed by atoms with Gasteiger partial charge in [-0.05, 0) is 25.0 Å². The van der Waals surface area contributed by atoms with Crippen LogP contribution < -0.4 is 15.8 Å². The van der Waals surface area contributed by atoms with E-state index >= 15 is 0 Å². The number of amides is 1. The molecular weight excluding hydrogens is 228 g/mol. The van der Waals surface area contributed by atoms with Crippen LogP contribution >= 0.6 is 0 Å². The highest BCUT2D eigenvalue weighted by molar-refractivity contribution is 5.97. The molecule has 0 aromatic heterocycles. The van der Waals surface area contributed by atoms with Crippen LogP contribution in [0, 0.1) is 0 Å². The highest BCUT2D eigenvalue weighted by atomic mass is 16.5. The van der Waals surface area contributed by atoms with E-state index in [-0.39, 0.29) is 11.4 Å². The summed E-state index contributed by atoms with van der Waals surface area (Å²) in [6, 6.07) is 7.25. The van der Waals surface area contributed by atoms with E-state index in [1.165, 1.54) is 0 Å². The normalized spacial score (nSPS) is 17.4. The molecule has 1 saturated carbocycles. The topological polar surface area (TPSA) is 64.3 Å². The number of nitrogens with two attached hydrogens (primary N) is 1. The molecule has 4 nitrogen and oxygen atoms in total. The van der Waals surface area contributed by atoms with E-state index in [1.807, 2.05) is 12.1 Å². The molecule has 0 radical (unpaired) electrons. The Bertz CT molecular complexity index is 426. The molecule has 1 aliphatic carbocycles. The van der Waals surface area contributed by atoms with Crippen LogP contribution in [-0.2, 0) is 0 Å². The van der Waals surface area contributed by atoms with Crippen LogP contribution in [0.2, 0.25) is 0 Å². The monoisotopic (exact) mass is 248 g/mol. The van der Waals surface area contributed by atoms with E-state index in [2.05, 4.69) is 5.32 Å². The molecule has 0 saturated heterocycles. The van der Waals surface area contributed by atoms with E-state index in [4.69, 9.17) is 10.5 Å². The largest absolute Gasteiger partial charge is 0.496 e. The van der Waals surface area contributed by atoms with Crippen LogP contribution in [0.15, 0.2) is 24.3 Å². The Morgan fingerprint density at radius 3 is 2.67 bits per heavy atom. The van der Waals surface area contributed by atoms with Crippen LogP contribution in [0.3, 0.4) is 0 Å². The molecule has 2 rings (SSSR count). The smallest absolute Gasteiger partial charge is 0.255 e. The molecule has 0 bridgehead atoms. The molecular formula is C14H20N2O2. The summed E-state index contributed by atoms with van der Waals surface area (Å²) in [7, 11) is 1.57. The van der Waals surface area contributed by atoms with Crippen molar-refractivity contribution < 1.29 is 9.53 Å². The summed E-state index contributed by atoms with van der Waals surface area (Å²) in [5.41, 5.74) is 6.16. The molecule has 0 unspecified atom stereocenters. The lowest BCUT2D eigenvalue weighted by Gasteiger charge is -2.29. The van der Waals surface area contributed by atoms with Crippen molar-refractivity contribution in [1.29, 1.82) is 0 Å². The van der Waals surface area contributed by atoms with Crippen LogP contribution in [0.4, 0.5) is 0 Å². The molecule has 1 aromatic carbocycles. The highest BCUT2D eigenvalue weighted by Gasteiger charge is 2.34. The second-order valence-electron chi connectivity index (χ2n) is 4.85. The molecule has 1 aliphatic rings. The SMILES string of the molecule is COc1ccccc1C(=O)NC1(CN)CCCC1. The third kappa shape index (κ3) is 2.48. The number of carbonyl (C=O) groups is 1. The maximum absolute atomic E-state index is 12.3. The van der Waals surface area contributed by atoms with Crippen molar-refractivity contribution in [1.82, 2.24) is 5.32 Å². The predicted octanol–water partition coefficient (Wildman–Crippen LogP) is 1.70. The third-order valence-electron chi connectivity index (χ3n) is 3.68. The van der Waals surface area contributed by atoms with Gasteiger partial charge in [0.2, 0.25) is 0 Å². The van der Waals surface area contributed by atoms with E-state index in [0.29, 0.717) is 17.9 Å². The molecule has 1 amide bonds. The molecule has 1 aromatic rings. The number of nitrogens with one attached hydrogen (secondary N) is 1. The first-order chi connectivity index (χ1) is 8.71. The number of carbonyl (C=O) groups excluding carboxylic acids is 1. The Hall–Kier alpha value is -1.55. The van der Waals surface area contributed by atoms with Gasteiger partial charge in [0.25, 0.3) is 5.91 Å². The second-order valence-corrected chi connectivity index (χ2v) is 4.85. The van der Waals surface area contributed by atoms with Gasteiger partial charge in [-0.2, -0.15) is 0 Å². The fourth-order valence-electron chi connectivity index (χ4n) is 2.57. The first kappa shape index (κ1) is 12.9. The van der Waals surface area contributed by atoms with Gasteiger partial charge in [0.15, 0.2) is 0 Å². The molecule has 0 aliphatic heterocycles. The molecule has 0 atom stereocenters. The summed E-state index contributed by atoms with van der Waals surface area (Å²) in [6.07, 6.45) is 4.18. The first-order valence-electron chi connectivity index (χ1n) is 6.36. The Balaban J connectivity index is 2.16. The summed E-state index contributed by atoms with van der Waals surface area (Å²) in [5.74, 6) is 0.500. The minimum Gasteiger partial charge on any atom is -0.496 e. The Morgan fingerprint density at radius 2 is 2.06 bits per heavy atom. The number of para-hydroxylation sites is 1. The van der Waals surface area contributed by atoms with Crippen LogP contribution in [0.1, 0.15) is 36.0 Å². The number of hydrogen-bond donors (Lipinski definition) is 2. The molecule has 3 N–H and O–H groups in total. The van der Waals surface area contributed by atoms with E-state index in [9.17, 15) is 4.79 Å². The molecule has 98 valence electrons. The van der Waals surface area contributed by atoms with Gasteiger partial charge in [-0.1, -0.05) is 25.0 Å². The van der Waals surface area contributed by atoms with E-state index in [1.54, 1.807) is 19.2 Å². The van der Waals surface area contributed by atoms with Crippen LogP contribution in [-0.4, -0.2) is 25.1 Å². The summed E-state index contributed by atoms with van der Waals surface area (Å²) in [5, 5.41) is 3.09. The quantitative estimate of drug-likeness (QED) is 0.852. The Kier molecular flexibility index (Phi) is 3.87. The summed E-state index contributed by atoms with van der Waals surface area (Å²) in [6.45, 7) is 0.494. The summed E-state index contributed by atoms with van der Waals surface area (Å²) < 4.78 is 5.21. The van der Waals surface area contributed by atoms with Crippen molar-refractivity contribution >= 4 is 5.91 Å². The van der Waals surface area contributed by atoms with Crippen LogP contribution in [0.25, 0.3) is 0 Å². The number of rotatable bonds is 4. The van der Waals surface area contributed by atoms with Crippen molar-refractivity contribution in [2.45, 2.75) is 31.2 Å². The summed E-state index contributed by atoms with van der Waals surface area (Å²) in [4.78, 5) is 12.3. The zero-order valence-electron chi connectivity index (χ0n) is 10.7. The minimum absolute atomic E-state index is 0.0974. The number of ether oxygens (including phenoxy) is 1. The fourth-order valence-corrected chi connectivity index (χ4v) is 2.57. The Labute approximate surface area is 108 Å². The molecule has 0 heterocycles. The number of hydrogen-bond acceptors (Lipinski definition) is 3. The molecule has 0 spiro atoms. The average Bonchev–Trinajstić information content (AvgIpc) is 2.87. The van der Waals surface area contributed by atoms with Gasteiger partial charge < -0.3 is 15.8 Å². The minimum atomic E-state index is -0.224. The van der Waals surface area contributed by atoms with E-state index in [0.717, 1.165) is 25.7 Å². The lowest BCUT2D eigenvalue weighted by molar-refractivity contribution is 0.0900. The average molecular weight is 248 g/mol. The predicted molar refractivity (Wildman–Crippen MR) is 70.7 cm³/mol. The van der Waals surface area contributed by atoms with Gasteiger partial charge in [-0.25, -0.2) is 0 Å². The Morgan fingerprint density at radius 1 is 1.39 bits per heavy atom. The van der Waals surface area contributed by atoms with Gasteiger partial charge in [-0.3, -0.25) is 4.79 Å². The zero-order chi connectivity index (χ0) is 13.0. The van der Waals surface area contributed by atoms with E-state index < -0.39 is 0 Å². The second kappa shape index (κ2) is 5.40. The molecule has 4 heteroatoms. The lowest BCUT2D eigenvalue weighted by atomic mass is 9.97. The summed E-state index contributed by atoms with van der Waals surface area (Å²) >= 11 is 0. The fraction of sp³-hybridized carbons (Fsp3) is 0.500. The van der Waals surface area contributed by atoms with Crippen molar-refractivity contribution in [3.63, 3.8) is 0 Å². The highest BCUT2D eigenvalue weighted by Crippen LogP contribution is 2.29. The van der Waals surface area contributed by atoms with Crippen molar-refractivity contribution in [2.75, 3.05) is 13.7 Å². The lowest BCUT2D eigenvalue weighted by Crippen LogP contribution is -2.51. The molecule has 18 heavy (non-hydrogen) atoms. The van der Waals surface area contributed by atoms with Gasteiger partial charge in [-0.15, -0.1) is 0 Å². The standard InChI is InChI=1S/C14H20N2O2/c1-18-12-7-3-2-6-11(12)13(17)16-14(10-15)8-4-5-9-14/h2-3,6-7H,4-5,8-10,15H2,1H3,(H,16,17). The maximum atomic E-state index is 12.3. The van der Waals surface area contributed by atoms with Crippen LogP contribution in [0.5, 0.6) is 5.75 Å². The first-order valence-corrected chi connectivity index (χ1v) is 6.36. The van der Waals surface area contributed by atoms with Gasteiger partial charge in [0.1, 0.15) is 5.75 Å². The van der Waals surface area contributed by atoms with Gasteiger partial charge >= 0.3 is 0 Å². The third-order valence-corrected chi connectivity index (χ3v) is 3.68. The number of benzene rings is 1. The van der Waals surface area contributed by atoms with Crippen molar-refractivity contribution in [3.05, 3.63) is 29.8 Å². The van der Waals surface area contributed by atoms with Gasteiger partial charge in [0, 0.05) is 6.54 Å². The number of methoxy groups -OCH3 is 1. The van der Waals surface area contributed by atoms with Gasteiger partial charge in [0.05, 0.1) is 18.2 Å². The van der Waals surface area contributed by atoms with Crippen molar-refractivity contribution in [2.24, 2.45) is 5.73 Å². The maximum Gasteiger partial charge on any atom is 0.255 e. The molecule has 1 fully saturated rings.